The molecule has 1 aliphatic heterocycles. The molecule has 0 aromatic heterocycles. The topological polar surface area (TPSA) is 103 Å². The molecule has 43 heavy (non-hydrogen) atoms. The summed E-state index contributed by atoms with van der Waals surface area (Å²) in [5.41, 5.74) is -0.155. The van der Waals surface area contributed by atoms with Gasteiger partial charge in [0.1, 0.15) is 5.75 Å². The summed E-state index contributed by atoms with van der Waals surface area (Å²) in [5, 5.41) is 15.2. The molecule has 0 radical (unpaired) electrons. The summed E-state index contributed by atoms with van der Waals surface area (Å²) in [6.07, 6.45) is -2.32. The zero-order valence-electron chi connectivity index (χ0n) is 25.4. The second-order valence-corrected chi connectivity index (χ2v) is 11.4. The maximum absolute atomic E-state index is 14.1. The summed E-state index contributed by atoms with van der Waals surface area (Å²) < 4.78 is 51.1. The largest absolute Gasteiger partial charge is 0.490 e. The van der Waals surface area contributed by atoms with Crippen LogP contribution in [0.3, 0.4) is 0 Å². The van der Waals surface area contributed by atoms with Crippen molar-refractivity contribution in [3.8, 4) is 5.75 Å². The number of hydrogen-bond acceptors (Lipinski definition) is 6. The first-order valence-electron chi connectivity index (χ1n) is 14.5. The molecule has 0 spiro atoms. The molecule has 3 rings (SSSR count). The van der Waals surface area contributed by atoms with Gasteiger partial charge in [0.15, 0.2) is 0 Å². The number of aliphatic hydroxyl groups is 1. The third-order valence-corrected chi connectivity index (χ3v) is 7.32. The van der Waals surface area contributed by atoms with Gasteiger partial charge in [-0.05, 0) is 89.7 Å². The van der Waals surface area contributed by atoms with Crippen LogP contribution in [0, 0.1) is 5.92 Å². The lowest BCUT2D eigenvalue weighted by Gasteiger charge is -2.35. The molecule has 3 N–H and O–H groups in total. The van der Waals surface area contributed by atoms with Crippen molar-refractivity contribution in [1.82, 2.24) is 9.80 Å². The lowest BCUT2D eigenvalue weighted by atomic mass is 10.0. The maximum Gasteiger partial charge on any atom is 0.416 e. The van der Waals surface area contributed by atoms with Crippen LogP contribution < -0.4 is 15.4 Å². The molecule has 0 saturated heterocycles. The number of amides is 3. The molecule has 9 nitrogen and oxygen atoms in total. The second kappa shape index (κ2) is 15.4. The van der Waals surface area contributed by atoms with Crippen LogP contribution in [0.15, 0.2) is 42.5 Å². The maximum atomic E-state index is 14.1. The molecule has 0 bridgehead atoms. The molecule has 12 heteroatoms. The van der Waals surface area contributed by atoms with Crippen LogP contribution >= 0.6 is 0 Å². The van der Waals surface area contributed by atoms with Crippen LogP contribution in [0.1, 0.15) is 56.0 Å². The monoisotopic (exact) mass is 608 g/mol. The summed E-state index contributed by atoms with van der Waals surface area (Å²) in [6, 6.07) is 7.60. The van der Waals surface area contributed by atoms with E-state index in [1.54, 1.807) is 24.0 Å². The van der Waals surface area contributed by atoms with Gasteiger partial charge in [0.05, 0.1) is 36.0 Å². The Kier molecular flexibility index (Phi) is 12.2. The van der Waals surface area contributed by atoms with Gasteiger partial charge in [-0.15, -0.1) is 0 Å². The summed E-state index contributed by atoms with van der Waals surface area (Å²) >= 11 is 0. The Morgan fingerprint density at radius 2 is 1.74 bits per heavy atom. The van der Waals surface area contributed by atoms with E-state index in [1.165, 1.54) is 6.07 Å². The normalized spacial score (nSPS) is 21.4. The van der Waals surface area contributed by atoms with Gasteiger partial charge >= 0.3 is 12.2 Å². The van der Waals surface area contributed by atoms with Crippen molar-refractivity contribution in [3.05, 3.63) is 53.6 Å². The minimum Gasteiger partial charge on any atom is -0.490 e. The molecular formula is C31H43F3N4O5. The number of benzene rings is 2. The molecule has 0 unspecified atom stereocenters. The summed E-state index contributed by atoms with van der Waals surface area (Å²) in [4.78, 5) is 30.4. The highest BCUT2D eigenvalue weighted by Crippen LogP contribution is 2.31. The Hall–Kier alpha value is -3.35. The first-order chi connectivity index (χ1) is 20.3. The molecule has 238 valence electrons. The lowest BCUT2D eigenvalue weighted by molar-refractivity contribution is -0.137. The molecular weight excluding hydrogens is 565 g/mol. The van der Waals surface area contributed by atoms with Gasteiger partial charge in [0.25, 0.3) is 5.91 Å². The van der Waals surface area contributed by atoms with Crippen molar-refractivity contribution < 1.29 is 37.3 Å². The number of ether oxygens (including phenoxy) is 2. The Morgan fingerprint density at radius 1 is 1.09 bits per heavy atom. The average molecular weight is 609 g/mol. The van der Waals surface area contributed by atoms with Gasteiger partial charge in [0.2, 0.25) is 0 Å². The van der Waals surface area contributed by atoms with E-state index in [0.717, 1.165) is 43.5 Å². The molecule has 1 aliphatic rings. The number of urea groups is 1. The first kappa shape index (κ1) is 34.1. The first-order valence-corrected chi connectivity index (χ1v) is 14.5. The van der Waals surface area contributed by atoms with E-state index >= 15 is 0 Å². The predicted octanol–water partition coefficient (Wildman–Crippen LogP) is 5.71. The Bertz CT molecular complexity index is 1210. The standard InChI is InChI=1S/C31H43F3N4O5/c1-20-17-38(21(2)19-39)29(40)26-16-25(36-30(41)35-24-11-9-23(10-12-24)31(32,33)34)13-14-27(26)43-22(3)8-6-7-15-42-28(20)18-37(4)5/h9-14,16,20-22,28,39H,6-8,15,17-19H2,1-5H3,(H2,35,36,41)/t20-,21+,22-,28-/m0/s1. The number of fused-ring (bicyclic) bond motifs is 1. The summed E-state index contributed by atoms with van der Waals surface area (Å²) in [7, 11) is 3.94. The number of aliphatic hydroxyl groups excluding tert-OH is 1. The van der Waals surface area contributed by atoms with Crippen LogP contribution in [0.25, 0.3) is 0 Å². The van der Waals surface area contributed by atoms with E-state index < -0.39 is 23.8 Å². The molecule has 4 atom stereocenters. The van der Waals surface area contributed by atoms with Crippen LogP contribution in [0.5, 0.6) is 5.75 Å². The van der Waals surface area contributed by atoms with Crippen molar-refractivity contribution in [3.63, 3.8) is 0 Å². The molecule has 0 saturated carbocycles. The highest BCUT2D eigenvalue weighted by Gasteiger charge is 2.31. The number of nitrogens with one attached hydrogen (secondary N) is 2. The van der Waals surface area contributed by atoms with Crippen LogP contribution in [-0.4, -0.2) is 85.5 Å². The minimum atomic E-state index is -4.48. The number of carbonyl (C=O) groups is 2. The highest BCUT2D eigenvalue weighted by molar-refractivity contribution is 6.02. The van der Waals surface area contributed by atoms with E-state index in [2.05, 4.69) is 10.6 Å². The number of rotatable bonds is 6. The molecule has 1 heterocycles. The zero-order valence-corrected chi connectivity index (χ0v) is 25.4. The highest BCUT2D eigenvalue weighted by atomic mass is 19.4. The fourth-order valence-electron chi connectivity index (χ4n) is 4.86. The van der Waals surface area contributed by atoms with Gasteiger partial charge in [-0.25, -0.2) is 4.79 Å². The summed E-state index contributed by atoms with van der Waals surface area (Å²) in [5.74, 6) is -0.0717. The third-order valence-electron chi connectivity index (χ3n) is 7.32. The number of anilines is 2. The van der Waals surface area contributed by atoms with E-state index in [1.807, 2.05) is 32.8 Å². The smallest absolute Gasteiger partial charge is 0.416 e. The number of hydrogen-bond donors (Lipinski definition) is 3. The quantitative estimate of drug-likeness (QED) is 0.389. The summed E-state index contributed by atoms with van der Waals surface area (Å²) in [6.45, 7) is 7.05. The zero-order chi connectivity index (χ0) is 31.7. The van der Waals surface area contributed by atoms with Crippen molar-refractivity contribution in [1.29, 1.82) is 0 Å². The number of nitrogens with zero attached hydrogens (tertiary/aromatic N) is 2. The Morgan fingerprint density at radius 3 is 2.37 bits per heavy atom. The van der Waals surface area contributed by atoms with Crippen LogP contribution in [-0.2, 0) is 10.9 Å². The number of likely N-dealkylation sites (N-methyl/N-ethyl adjacent to an activating group) is 1. The van der Waals surface area contributed by atoms with Gasteiger partial charge in [-0.3, -0.25) is 4.79 Å². The molecule has 0 fully saturated rings. The molecule has 2 aromatic carbocycles. The van der Waals surface area contributed by atoms with Crippen molar-refractivity contribution in [2.24, 2.45) is 5.92 Å². The van der Waals surface area contributed by atoms with E-state index in [-0.39, 0.29) is 47.6 Å². The SMILES string of the molecule is C[C@H](CO)N1C[C@H](C)[C@H](CN(C)C)OCCCC[C@H](C)Oc2ccc(NC(=O)Nc3ccc(C(F)(F)F)cc3)cc2C1=O. The van der Waals surface area contributed by atoms with E-state index in [4.69, 9.17) is 9.47 Å². The molecule has 3 amide bonds. The third kappa shape index (κ3) is 10.1. The van der Waals surface area contributed by atoms with Gasteiger partial charge < -0.3 is 35.0 Å². The molecule has 0 aliphatic carbocycles. The second-order valence-electron chi connectivity index (χ2n) is 11.4. The van der Waals surface area contributed by atoms with Gasteiger partial charge in [-0.1, -0.05) is 6.92 Å². The Balaban J connectivity index is 1.90. The number of halogens is 3. The van der Waals surface area contributed by atoms with Crippen molar-refractivity contribution in [2.45, 2.75) is 64.5 Å². The van der Waals surface area contributed by atoms with Crippen molar-refractivity contribution >= 4 is 23.3 Å². The van der Waals surface area contributed by atoms with Gasteiger partial charge in [0, 0.05) is 37.0 Å². The van der Waals surface area contributed by atoms with Crippen molar-refractivity contribution in [2.75, 3.05) is 51.0 Å². The van der Waals surface area contributed by atoms with Crippen LogP contribution in [0.2, 0.25) is 0 Å². The average Bonchev–Trinajstić information content (AvgIpc) is 2.94. The van der Waals surface area contributed by atoms with Crippen LogP contribution in [0.4, 0.5) is 29.3 Å². The van der Waals surface area contributed by atoms with E-state index in [0.29, 0.717) is 25.4 Å². The van der Waals surface area contributed by atoms with E-state index in [9.17, 15) is 27.9 Å². The fourth-order valence-corrected chi connectivity index (χ4v) is 4.86. The number of alkyl halides is 3. The molecule has 2 aromatic rings. The minimum absolute atomic E-state index is 0.0533. The number of carbonyl (C=O) groups excluding carboxylic acids is 2. The van der Waals surface area contributed by atoms with Gasteiger partial charge in [-0.2, -0.15) is 13.2 Å². The lowest BCUT2D eigenvalue weighted by Crippen LogP contribution is -2.47. The Labute approximate surface area is 251 Å². The fraction of sp³-hybridized carbons (Fsp3) is 0.548. The predicted molar refractivity (Wildman–Crippen MR) is 160 cm³/mol.